The summed E-state index contributed by atoms with van der Waals surface area (Å²) in [5.41, 5.74) is 7.00. The molecule has 0 saturated heterocycles. The molecule has 1 heterocycles. The van der Waals surface area contributed by atoms with Crippen LogP contribution >= 0.6 is 0 Å². The molecule has 6 aromatic carbocycles. The molecule has 0 saturated carbocycles. The van der Waals surface area contributed by atoms with Crippen molar-refractivity contribution < 1.29 is 0 Å². The molecule has 2 nitrogen and oxygen atoms in total. The van der Waals surface area contributed by atoms with Gasteiger partial charge in [-0.1, -0.05) is 97.1 Å². The summed E-state index contributed by atoms with van der Waals surface area (Å²) >= 11 is 0. The molecule has 0 aliphatic carbocycles. The van der Waals surface area contributed by atoms with Crippen molar-refractivity contribution in [1.29, 1.82) is 0 Å². The molecule has 0 radical (unpaired) electrons. The lowest BCUT2D eigenvalue weighted by Crippen LogP contribution is -2.11. The van der Waals surface area contributed by atoms with E-state index >= 15 is 0 Å². The van der Waals surface area contributed by atoms with Crippen LogP contribution in [0.3, 0.4) is 0 Å². The maximum absolute atomic E-state index is 2.40. The molecule has 0 amide bonds. The van der Waals surface area contributed by atoms with Gasteiger partial charge in [-0.2, -0.15) is 0 Å². The summed E-state index contributed by atoms with van der Waals surface area (Å²) in [6.45, 7) is 0. The second kappa shape index (κ2) is 8.44. The molecule has 7 aromatic rings. The zero-order valence-corrected chi connectivity index (χ0v) is 19.8. The number of anilines is 3. The van der Waals surface area contributed by atoms with Crippen molar-refractivity contribution in [3.8, 4) is 5.69 Å². The van der Waals surface area contributed by atoms with Crippen LogP contribution in [0, 0.1) is 0 Å². The molecule has 36 heavy (non-hydrogen) atoms. The molecule has 0 spiro atoms. The van der Waals surface area contributed by atoms with Gasteiger partial charge in [-0.3, -0.25) is 0 Å². The van der Waals surface area contributed by atoms with Crippen LogP contribution < -0.4 is 4.90 Å². The second-order valence-electron chi connectivity index (χ2n) is 9.06. The maximum Gasteiger partial charge on any atom is 0.0560 e. The first-order valence-electron chi connectivity index (χ1n) is 12.3. The lowest BCUT2D eigenvalue weighted by atomic mass is 10.0. The predicted molar refractivity (Wildman–Crippen MR) is 153 cm³/mol. The van der Waals surface area contributed by atoms with Crippen LogP contribution in [0.5, 0.6) is 0 Å². The topological polar surface area (TPSA) is 8.17 Å². The van der Waals surface area contributed by atoms with Crippen LogP contribution in [0.15, 0.2) is 146 Å². The number of rotatable bonds is 4. The summed E-state index contributed by atoms with van der Waals surface area (Å²) in [7, 11) is 0. The number of aromatic nitrogens is 1. The minimum atomic E-state index is 1.13. The summed E-state index contributed by atoms with van der Waals surface area (Å²) in [5.74, 6) is 0. The van der Waals surface area contributed by atoms with Crippen molar-refractivity contribution in [3.63, 3.8) is 0 Å². The van der Waals surface area contributed by atoms with Crippen molar-refractivity contribution >= 4 is 49.6 Å². The number of hydrogen-bond donors (Lipinski definition) is 0. The van der Waals surface area contributed by atoms with Crippen molar-refractivity contribution in [2.45, 2.75) is 0 Å². The van der Waals surface area contributed by atoms with Crippen LogP contribution in [-0.2, 0) is 0 Å². The average Bonchev–Trinajstić information content (AvgIpc) is 3.29. The zero-order valence-electron chi connectivity index (χ0n) is 19.8. The Bertz CT molecular complexity index is 1740. The van der Waals surface area contributed by atoms with E-state index in [-0.39, 0.29) is 0 Å². The van der Waals surface area contributed by atoms with Gasteiger partial charge in [0.25, 0.3) is 0 Å². The Morgan fingerprint density at radius 3 is 1.47 bits per heavy atom. The molecule has 0 aliphatic heterocycles. The van der Waals surface area contributed by atoms with Gasteiger partial charge < -0.3 is 9.47 Å². The summed E-state index contributed by atoms with van der Waals surface area (Å²) in [4.78, 5) is 2.36. The number of para-hydroxylation sites is 4. The normalized spacial score (nSPS) is 11.3. The monoisotopic (exact) mass is 460 g/mol. The molecule has 1 aromatic heterocycles. The summed E-state index contributed by atoms with van der Waals surface area (Å²) < 4.78 is 2.40. The Labute approximate surface area is 210 Å². The number of hydrogen-bond acceptors (Lipinski definition) is 1. The largest absolute Gasteiger partial charge is 0.310 e. The molecule has 170 valence electrons. The van der Waals surface area contributed by atoms with E-state index in [1.165, 1.54) is 32.6 Å². The third-order valence-electron chi connectivity index (χ3n) is 6.93. The third kappa shape index (κ3) is 3.27. The van der Waals surface area contributed by atoms with Gasteiger partial charge >= 0.3 is 0 Å². The maximum atomic E-state index is 2.40. The number of nitrogens with zero attached hydrogens (tertiary/aromatic N) is 2. The third-order valence-corrected chi connectivity index (χ3v) is 6.93. The van der Waals surface area contributed by atoms with Crippen molar-refractivity contribution in [2.24, 2.45) is 0 Å². The standard InChI is InChI=1S/C34H24N2/c1-3-14-26(15-4-1)35(27-16-5-2-6-17-27)34-24-28(23-25-13-7-8-18-29(25)34)36-32-21-11-9-19-30(32)31-20-10-12-22-33(31)36/h1-24H. The smallest absolute Gasteiger partial charge is 0.0560 e. The van der Waals surface area contributed by atoms with E-state index in [0.717, 1.165) is 22.7 Å². The van der Waals surface area contributed by atoms with Crippen LogP contribution in [-0.4, -0.2) is 4.57 Å². The average molecular weight is 461 g/mol. The molecule has 0 bridgehead atoms. The van der Waals surface area contributed by atoms with E-state index in [1.807, 2.05) is 0 Å². The summed E-state index contributed by atoms with van der Waals surface area (Å²) in [6.07, 6.45) is 0. The molecule has 0 N–H and O–H groups in total. The van der Waals surface area contributed by atoms with Gasteiger partial charge in [0.15, 0.2) is 0 Å². The minimum absolute atomic E-state index is 1.13. The Kier molecular flexibility index (Phi) is 4.82. The van der Waals surface area contributed by atoms with E-state index in [1.54, 1.807) is 0 Å². The highest BCUT2D eigenvalue weighted by Crippen LogP contribution is 2.41. The Morgan fingerprint density at radius 1 is 0.417 bits per heavy atom. The van der Waals surface area contributed by atoms with Gasteiger partial charge in [-0.25, -0.2) is 0 Å². The fourth-order valence-electron chi connectivity index (χ4n) is 5.37. The van der Waals surface area contributed by atoms with E-state index in [2.05, 4.69) is 155 Å². The Balaban J connectivity index is 1.58. The predicted octanol–water partition coefficient (Wildman–Crippen LogP) is 9.41. The second-order valence-corrected chi connectivity index (χ2v) is 9.06. The highest BCUT2D eigenvalue weighted by atomic mass is 15.1. The van der Waals surface area contributed by atoms with Crippen molar-refractivity contribution in [2.75, 3.05) is 4.90 Å². The first-order valence-corrected chi connectivity index (χ1v) is 12.3. The summed E-state index contributed by atoms with van der Waals surface area (Å²) in [5, 5.41) is 4.97. The van der Waals surface area contributed by atoms with Crippen LogP contribution in [0.25, 0.3) is 38.3 Å². The zero-order chi connectivity index (χ0) is 23.9. The van der Waals surface area contributed by atoms with Crippen LogP contribution in [0.4, 0.5) is 17.1 Å². The quantitative estimate of drug-likeness (QED) is 0.254. The molecule has 0 fully saturated rings. The lowest BCUT2D eigenvalue weighted by molar-refractivity contribution is 1.18. The van der Waals surface area contributed by atoms with Gasteiger partial charge in [0.1, 0.15) is 0 Å². The van der Waals surface area contributed by atoms with Crippen molar-refractivity contribution in [1.82, 2.24) is 4.57 Å². The molecule has 0 unspecified atom stereocenters. The molecular weight excluding hydrogens is 436 g/mol. The molecule has 0 aliphatic rings. The fourth-order valence-corrected chi connectivity index (χ4v) is 5.37. The van der Waals surface area contributed by atoms with E-state index in [0.29, 0.717) is 0 Å². The minimum Gasteiger partial charge on any atom is -0.310 e. The molecular formula is C34H24N2. The Hall–Kier alpha value is -4.82. The first kappa shape index (κ1) is 20.5. The SMILES string of the molecule is c1ccc(N(c2ccccc2)c2cc(-n3c4ccccc4c4ccccc43)cc3ccccc23)cc1. The van der Waals surface area contributed by atoms with Crippen LogP contribution in [0.1, 0.15) is 0 Å². The van der Waals surface area contributed by atoms with Gasteiger partial charge in [-0.15, -0.1) is 0 Å². The van der Waals surface area contributed by atoms with Gasteiger partial charge in [0.2, 0.25) is 0 Å². The molecule has 0 atom stereocenters. The van der Waals surface area contributed by atoms with Crippen molar-refractivity contribution in [3.05, 3.63) is 146 Å². The highest BCUT2D eigenvalue weighted by molar-refractivity contribution is 6.10. The molecule has 7 rings (SSSR count). The Morgan fingerprint density at radius 2 is 0.889 bits per heavy atom. The first-order chi connectivity index (χ1) is 17.9. The molecule has 2 heteroatoms. The number of fused-ring (bicyclic) bond motifs is 4. The van der Waals surface area contributed by atoms with E-state index in [4.69, 9.17) is 0 Å². The highest BCUT2D eigenvalue weighted by Gasteiger charge is 2.18. The van der Waals surface area contributed by atoms with E-state index in [9.17, 15) is 0 Å². The van der Waals surface area contributed by atoms with E-state index < -0.39 is 0 Å². The number of benzene rings is 6. The summed E-state index contributed by atoms with van der Waals surface area (Å²) in [6, 6.07) is 51.9. The lowest BCUT2D eigenvalue weighted by Gasteiger charge is -2.27. The van der Waals surface area contributed by atoms with Gasteiger partial charge in [-0.05, 0) is 53.9 Å². The van der Waals surface area contributed by atoms with Gasteiger partial charge in [0, 0.05) is 33.2 Å². The van der Waals surface area contributed by atoms with Gasteiger partial charge in [0.05, 0.1) is 16.7 Å². The fraction of sp³-hybridized carbons (Fsp3) is 0. The van der Waals surface area contributed by atoms with Crippen LogP contribution in [0.2, 0.25) is 0 Å².